The van der Waals surface area contributed by atoms with E-state index in [4.69, 9.17) is 22.9 Å². The van der Waals surface area contributed by atoms with Crippen LogP contribution in [0.15, 0.2) is 78.3 Å². The summed E-state index contributed by atoms with van der Waals surface area (Å²) in [6.07, 6.45) is -1.67. The smallest absolute Gasteiger partial charge is 0.325 e. The Balaban J connectivity index is 1.67. The molecule has 17 N–H and O–H groups in total. The number of nitrogens with one attached hydrogen (secondary N) is 8. The van der Waals surface area contributed by atoms with Crippen LogP contribution < -0.4 is 54.8 Å². The molecular weight excluding hydrogens is 947 g/mol. The van der Waals surface area contributed by atoms with Crippen molar-refractivity contribution in [1.82, 2.24) is 46.9 Å². The second-order valence-corrected chi connectivity index (χ2v) is 16.7. The van der Waals surface area contributed by atoms with E-state index in [0.29, 0.717) is 16.8 Å². The fraction of sp³-hybridized carbons (Fsp3) is 0.435. The average Bonchev–Trinajstić information content (AvgIpc) is 4.03. The summed E-state index contributed by atoms with van der Waals surface area (Å²) in [4.78, 5) is 122. The molecule has 4 aromatic rings. The van der Waals surface area contributed by atoms with Crippen LogP contribution in [0.2, 0.25) is 0 Å². The van der Waals surface area contributed by atoms with Crippen LogP contribution in [-0.2, 0) is 62.4 Å². The first kappa shape index (κ1) is 56.6. The van der Waals surface area contributed by atoms with Crippen LogP contribution >= 0.6 is 0 Å². The molecule has 0 fully saturated rings. The standard InChI is InChI=1S/C46H62F2N14O10/c1-72-37(65)24-56-38(66)34(20-27-22-55-30-12-6-5-11-29(27)30)60-39(67)31(13-7-18-54-45(50)51)58-41(69)33(19-26-9-3-2-4-10-26)59-42(70)35(21-28-23-53-25-57-28)61-40(68)32(14-15-36(63)64)62-44(71)46(52,43(47)48)16-8-17-49/h2-6,9-12,22-23,25,31-35,43,55H,7-8,13-21,24,49,52H2,1H3,(H,53,57)(H,56,66)(H,58,69)(H,59,70)(H,60,67)(H,61,68)(H,62,71)(H,63,64)(H4,50,51,54)/t31-,32-,33+,34-,35-,46+/m0/s1. The zero-order chi connectivity index (χ0) is 52.8. The number of aliphatic carboxylic acids is 1. The highest BCUT2D eigenvalue weighted by Crippen LogP contribution is 2.21. The molecule has 0 saturated carbocycles. The Morgan fingerprint density at radius 2 is 1.36 bits per heavy atom. The Hall–Kier alpha value is -8.00. The van der Waals surface area contributed by atoms with Gasteiger partial charge in [-0.15, -0.1) is 0 Å². The summed E-state index contributed by atoms with van der Waals surface area (Å²) in [5, 5.41) is 25.2. The maximum Gasteiger partial charge on any atom is 0.325 e. The summed E-state index contributed by atoms with van der Waals surface area (Å²) in [5.41, 5.74) is 21.8. The second kappa shape index (κ2) is 28.0. The number of carboxylic acids is 1. The Morgan fingerprint density at radius 3 is 1.96 bits per heavy atom. The number of carbonyl (C=O) groups is 8. The Bertz CT molecular complexity index is 2490. The number of hydrogen-bond acceptors (Lipinski definition) is 13. The van der Waals surface area contributed by atoms with Gasteiger partial charge in [0.2, 0.25) is 35.4 Å². The first-order valence-corrected chi connectivity index (χ1v) is 22.8. The Morgan fingerprint density at radius 1 is 0.764 bits per heavy atom. The number of carboxylic acid groups (broad SMARTS) is 1. The summed E-state index contributed by atoms with van der Waals surface area (Å²) < 4.78 is 33.1. The number of aromatic nitrogens is 3. The first-order valence-electron chi connectivity index (χ1n) is 22.8. The maximum atomic E-state index is 14.5. The molecule has 0 spiro atoms. The largest absolute Gasteiger partial charge is 0.481 e. The van der Waals surface area contributed by atoms with Gasteiger partial charge in [0.25, 0.3) is 6.43 Å². The molecule has 2 aromatic heterocycles. The van der Waals surface area contributed by atoms with Gasteiger partial charge in [-0.05, 0) is 55.8 Å². The molecule has 6 atom stereocenters. The number of carbonyl (C=O) groups excluding carboxylic acids is 7. The number of halogens is 2. The molecule has 0 bridgehead atoms. The molecule has 24 nitrogen and oxygen atoms in total. The van der Waals surface area contributed by atoms with Crippen molar-refractivity contribution < 1.29 is 57.0 Å². The van der Waals surface area contributed by atoms with Gasteiger partial charge in [0.1, 0.15) is 36.8 Å². The third-order valence-corrected chi connectivity index (χ3v) is 11.3. The first-order chi connectivity index (χ1) is 34.3. The molecule has 0 aliphatic carbocycles. The summed E-state index contributed by atoms with van der Waals surface area (Å²) in [6.45, 7) is -0.583. The Kier molecular flexibility index (Phi) is 22.0. The number of esters is 1. The van der Waals surface area contributed by atoms with Crippen molar-refractivity contribution in [3.8, 4) is 0 Å². The number of aliphatic imine (C=N–C) groups is 1. The number of rotatable bonds is 30. The topological polar surface area (TPSA) is 399 Å². The van der Waals surface area contributed by atoms with Crippen LogP contribution in [0, 0.1) is 0 Å². The van der Waals surface area contributed by atoms with Crippen molar-refractivity contribution in [2.45, 2.75) is 100.0 Å². The molecule has 6 amide bonds. The number of fused-ring (bicyclic) bond motifs is 1. The molecular formula is C46H62F2N14O10. The summed E-state index contributed by atoms with van der Waals surface area (Å²) in [6, 6.07) is 8.02. The van der Waals surface area contributed by atoms with Gasteiger partial charge in [-0.2, -0.15) is 0 Å². The van der Waals surface area contributed by atoms with Crippen LogP contribution in [0.4, 0.5) is 8.78 Å². The number of ether oxygens (including phenoxy) is 1. The minimum Gasteiger partial charge on any atom is -0.481 e. The van der Waals surface area contributed by atoms with Gasteiger partial charge >= 0.3 is 11.9 Å². The van der Waals surface area contributed by atoms with Crippen LogP contribution in [0.5, 0.6) is 0 Å². The lowest BCUT2D eigenvalue weighted by Gasteiger charge is -2.30. The third kappa shape index (κ3) is 17.4. The Labute approximate surface area is 412 Å². The molecule has 390 valence electrons. The highest BCUT2D eigenvalue weighted by atomic mass is 19.3. The number of amides is 6. The number of hydrogen-bond donors (Lipinski definition) is 13. The molecule has 0 unspecified atom stereocenters. The monoisotopic (exact) mass is 1010 g/mol. The normalized spacial score (nSPS) is 14.0. The minimum atomic E-state index is -3.41. The molecule has 2 heterocycles. The van der Waals surface area contributed by atoms with E-state index >= 15 is 0 Å². The number of alkyl halides is 2. The summed E-state index contributed by atoms with van der Waals surface area (Å²) in [7, 11) is 1.14. The lowest BCUT2D eigenvalue weighted by atomic mass is 9.93. The van der Waals surface area contributed by atoms with Gasteiger partial charge in [-0.25, -0.2) is 13.8 Å². The van der Waals surface area contributed by atoms with E-state index in [1.165, 1.54) is 12.5 Å². The average molecular weight is 1010 g/mol. The minimum absolute atomic E-state index is 0.0234. The van der Waals surface area contributed by atoms with Gasteiger partial charge in [-0.3, -0.25) is 43.3 Å². The third-order valence-electron chi connectivity index (χ3n) is 11.3. The van der Waals surface area contributed by atoms with Crippen LogP contribution in [0.1, 0.15) is 55.3 Å². The SMILES string of the molecule is COC(=O)CNC(=O)[C@H](Cc1c[nH]c2ccccc12)NC(=O)[C@H](CCCN=C(N)N)NC(=O)[C@@H](Cc1ccccc1)NC(=O)[C@H](Cc1cnc[nH]1)NC(=O)[C@H](CCC(=O)O)NC(=O)[C@@](N)(CCCN)C(F)F. The van der Waals surface area contributed by atoms with Gasteiger partial charge < -0.3 is 74.6 Å². The number of H-pyrrole nitrogens is 2. The molecule has 26 heteroatoms. The lowest BCUT2D eigenvalue weighted by molar-refractivity contribution is -0.141. The molecule has 2 aromatic carbocycles. The van der Waals surface area contributed by atoms with Gasteiger partial charge in [0.05, 0.1) is 13.4 Å². The number of methoxy groups -OCH3 is 1. The van der Waals surface area contributed by atoms with Crippen LogP contribution in [0.25, 0.3) is 10.9 Å². The van der Waals surface area contributed by atoms with E-state index in [1.54, 1.807) is 42.6 Å². The zero-order valence-electron chi connectivity index (χ0n) is 39.5. The highest BCUT2D eigenvalue weighted by Gasteiger charge is 2.44. The molecule has 0 aliphatic heterocycles. The highest BCUT2D eigenvalue weighted by molar-refractivity contribution is 5.98. The van der Waals surface area contributed by atoms with Crippen molar-refractivity contribution in [2.24, 2.45) is 27.9 Å². The van der Waals surface area contributed by atoms with E-state index in [-0.39, 0.29) is 57.6 Å². The number of benzene rings is 2. The number of imidazole rings is 1. The summed E-state index contributed by atoms with van der Waals surface area (Å²) >= 11 is 0. The summed E-state index contributed by atoms with van der Waals surface area (Å²) in [5.74, 6) is -8.49. The number of nitrogens with two attached hydrogens (primary N) is 4. The van der Waals surface area contributed by atoms with E-state index in [2.05, 4.69) is 56.6 Å². The molecule has 72 heavy (non-hydrogen) atoms. The predicted octanol–water partition coefficient (Wildman–Crippen LogP) is -1.75. The van der Waals surface area contributed by atoms with Crippen molar-refractivity contribution in [3.05, 3.63) is 90.1 Å². The number of guanidine groups is 1. The maximum absolute atomic E-state index is 14.5. The number of aromatic amines is 2. The lowest BCUT2D eigenvalue weighted by Crippen LogP contribution is -2.63. The fourth-order valence-electron chi connectivity index (χ4n) is 7.38. The number of nitrogens with zero attached hydrogens (tertiary/aromatic N) is 2. The van der Waals surface area contributed by atoms with Gasteiger partial charge in [0.15, 0.2) is 11.5 Å². The number of para-hydroxylation sites is 1. The second-order valence-electron chi connectivity index (χ2n) is 16.7. The van der Waals surface area contributed by atoms with E-state index in [1.807, 2.05) is 18.2 Å². The van der Waals surface area contributed by atoms with E-state index in [0.717, 1.165) is 18.0 Å². The van der Waals surface area contributed by atoms with Crippen molar-refractivity contribution >= 4 is 64.2 Å². The molecule has 4 rings (SSSR count). The van der Waals surface area contributed by atoms with Crippen molar-refractivity contribution in [3.63, 3.8) is 0 Å². The van der Waals surface area contributed by atoms with Crippen molar-refractivity contribution in [2.75, 3.05) is 26.7 Å². The molecule has 0 radical (unpaired) electrons. The zero-order valence-corrected chi connectivity index (χ0v) is 39.5. The van der Waals surface area contributed by atoms with Gasteiger partial charge in [-0.1, -0.05) is 48.5 Å². The van der Waals surface area contributed by atoms with E-state index in [9.17, 15) is 52.2 Å². The van der Waals surface area contributed by atoms with Crippen LogP contribution in [-0.4, -0.2) is 142 Å². The van der Waals surface area contributed by atoms with E-state index < -0.39 is 115 Å². The quantitative estimate of drug-likeness (QED) is 0.0119. The van der Waals surface area contributed by atoms with Crippen LogP contribution in [0.3, 0.4) is 0 Å². The fourth-order valence-corrected chi connectivity index (χ4v) is 7.38. The van der Waals surface area contributed by atoms with Gasteiger partial charge in [0, 0.05) is 61.2 Å². The molecule has 0 saturated heterocycles. The predicted molar refractivity (Wildman–Crippen MR) is 257 cm³/mol. The van der Waals surface area contributed by atoms with Crippen molar-refractivity contribution in [1.29, 1.82) is 0 Å². The molecule has 0 aliphatic rings.